The Bertz CT molecular complexity index is 548. The molecule has 1 N–H and O–H groups in total. The summed E-state index contributed by atoms with van der Waals surface area (Å²) in [5, 5.41) is 18.6. The Morgan fingerprint density at radius 3 is 2.50 bits per heavy atom. The summed E-state index contributed by atoms with van der Waals surface area (Å²) in [6.07, 6.45) is 0.779. The van der Waals surface area contributed by atoms with Crippen LogP contribution in [0, 0.1) is 17.0 Å². The molecule has 1 atom stereocenters. The Morgan fingerprint density at radius 2 is 2.05 bits per heavy atom. The van der Waals surface area contributed by atoms with Gasteiger partial charge in [0.05, 0.1) is 22.2 Å². The third-order valence-electron chi connectivity index (χ3n) is 3.76. The van der Waals surface area contributed by atoms with E-state index in [1.54, 1.807) is 14.0 Å². The molecule has 1 unspecified atom stereocenters. The SMILES string of the molecule is Cc1nn(C)c(NC2CC(C)(C)OC2(C)C)c1[N+](=O)[O-]. The Labute approximate surface area is 118 Å². The highest BCUT2D eigenvalue weighted by Crippen LogP contribution is 2.40. The molecule has 7 nitrogen and oxygen atoms in total. The number of aryl methyl sites for hydroxylation is 2. The fourth-order valence-electron chi connectivity index (χ4n) is 2.98. The van der Waals surface area contributed by atoms with Crippen LogP contribution in [-0.4, -0.2) is 31.9 Å². The van der Waals surface area contributed by atoms with Crippen LogP contribution < -0.4 is 5.32 Å². The summed E-state index contributed by atoms with van der Waals surface area (Å²) in [6.45, 7) is 9.69. The van der Waals surface area contributed by atoms with Gasteiger partial charge in [-0.05, 0) is 41.0 Å². The number of ether oxygens (including phenoxy) is 1. The number of nitrogens with zero attached hydrogens (tertiary/aromatic N) is 3. The van der Waals surface area contributed by atoms with Gasteiger partial charge in [-0.1, -0.05) is 0 Å². The zero-order chi connectivity index (χ0) is 15.3. The van der Waals surface area contributed by atoms with Crippen LogP contribution in [0.2, 0.25) is 0 Å². The van der Waals surface area contributed by atoms with Gasteiger partial charge >= 0.3 is 5.69 Å². The number of rotatable bonds is 3. The summed E-state index contributed by atoms with van der Waals surface area (Å²) >= 11 is 0. The van der Waals surface area contributed by atoms with Crippen LogP contribution in [0.4, 0.5) is 11.5 Å². The number of nitro groups is 1. The van der Waals surface area contributed by atoms with Gasteiger partial charge in [0.2, 0.25) is 5.82 Å². The van der Waals surface area contributed by atoms with Crippen molar-refractivity contribution in [2.75, 3.05) is 5.32 Å². The monoisotopic (exact) mass is 282 g/mol. The number of hydrogen-bond donors (Lipinski definition) is 1. The molecule has 1 aromatic heterocycles. The Kier molecular flexibility index (Phi) is 3.28. The fraction of sp³-hybridized carbons (Fsp3) is 0.769. The van der Waals surface area contributed by atoms with Gasteiger partial charge in [-0.25, -0.2) is 4.68 Å². The predicted molar refractivity (Wildman–Crippen MR) is 75.9 cm³/mol. The van der Waals surface area contributed by atoms with Crippen LogP contribution in [0.15, 0.2) is 0 Å². The van der Waals surface area contributed by atoms with Gasteiger partial charge in [-0.3, -0.25) is 10.1 Å². The molecule has 1 fully saturated rings. The summed E-state index contributed by atoms with van der Waals surface area (Å²) in [5.41, 5.74) is -0.192. The number of aromatic nitrogens is 2. The Morgan fingerprint density at radius 1 is 1.45 bits per heavy atom. The van der Waals surface area contributed by atoms with Gasteiger partial charge in [-0.2, -0.15) is 5.10 Å². The first kappa shape index (κ1) is 14.8. The van der Waals surface area contributed by atoms with Crippen molar-refractivity contribution in [2.24, 2.45) is 7.05 Å². The van der Waals surface area contributed by atoms with Crippen LogP contribution >= 0.6 is 0 Å². The molecule has 1 aromatic rings. The van der Waals surface area contributed by atoms with Gasteiger partial charge in [0, 0.05) is 7.05 Å². The zero-order valence-corrected chi connectivity index (χ0v) is 12.9. The number of hydrogen-bond acceptors (Lipinski definition) is 5. The van der Waals surface area contributed by atoms with E-state index >= 15 is 0 Å². The molecule has 0 aliphatic carbocycles. The minimum absolute atomic E-state index is 0.00833. The summed E-state index contributed by atoms with van der Waals surface area (Å²) in [6, 6.07) is -0.00833. The fourth-order valence-corrected chi connectivity index (χ4v) is 2.98. The van der Waals surface area contributed by atoms with Crippen molar-refractivity contribution in [3.8, 4) is 0 Å². The van der Waals surface area contributed by atoms with E-state index in [0.717, 1.165) is 6.42 Å². The molecule has 1 aliphatic rings. The van der Waals surface area contributed by atoms with Crippen molar-refractivity contribution in [1.82, 2.24) is 9.78 Å². The molecular formula is C13H22N4O3. The van der Waals surface area contributed by atoms with Crippen molar-refractivity contribution in [3.05, 3.63) is 15.8 Å². The lowest BCUT2D eigenvalue weighted by atomic mass is 9.94. The van der Waals surface area contributed by atoms with Gasteiger partial charge in [0.25, 0.3) is 0 Å². The summed E-state index contributed by atoms with van der Waals surface area (Å²) < 4.78 is 7.53. The quantitative estimate of drug-likeness (QED) is 0.680. The van der Waals surface area contributed by atoms with Gasteiger partial charge < -0.3 is 10.1 Å². The van der Waals surface area contributed by atoms with Crippen LogP contribution in [0.25, 0.3) is 0 Å². The smallest absolute Gasteiger partial charge is 0.333 e. The van der Waals surface area contributed by atoms with Crippen molar-refractivity contribution < 1.29 is 9.66 Å². The minimum atomic E-state index is -0.393. The van der Waals surface area contributed by atoms with Crippen molar-refractivity contribution in [3.63, 3.8) is 0 Å². The molecule has 0 radical (unpaired) electrons. The third-order valence-corrected chi connectivity index (χ3v) is 3.76. The van der Waals surface area contributed by atoms with Crippen LogP contribution in [0.5, 0.6) is 0 Å². The highest BCUT2D eigenvalue weighted by Gasteiger charge is 2.46. The van der Waals surface area contributed by atoms with E-state index in [2.05, 4.69) is 10.4 Å². The topological polar surface area (TPSA) is 82.2 Å². The molecule has 1 saturated heterocycles. The van der Waals surface area contributed by atoms with E-state index in [4.69, 9.17) is 4.74 Å². The maximum atomic E-state index is 11.2. The van der Waals surface area contributed by atoms with Crippen LogP contribution in [0.3, 0.4) is 0 Å². The van der Waals surface area contributed by atoms with E-state index in [9.17, 15) is 10.1 Å². The Hall–Kier alpha value is -1.63. The highest BCUT2D eigenvalue weighted by molar-refractivity contribution is 5.60. The molecule has 2 heterocycles. The number of anilines is 1. The van der Waals surface area contributed by atoms with Gasteiger partial charge in [0.1, 0.15) is 5.69 Å². The molecule has 0 bridgehead atoms. The number of nitrogens with one attached hydrogen (secondary N) is 1. The predicted octanol–water partition coefficient (Wildman–Crippen LogP) is 2.39. The van der Waals surface area contributed by atoms with Crippen molar-refractivity contribution in [1.29, 1.82) is 0 Å². The largest absolute Gasteiger partial charge is 0.367 e. The lowest BCUT2D eigenvalue weighted by Gasteiger charge is -2.28. The highest BCUT2D eigenvalue weighted by atomic mass is 16.6. The van der Waals surface area contributed by atoms with Crippen LogP contribution in [-0.2, 0) is 11.8 Å². The maximum absolute atomic E-state index is 11.2. The second kappa shape index (κ2) is 4.44. The van der Waals surface area contributed by atoms with Crippen LogP contribution in [0.1, 0.15) is 39.8 Å². The lowest BCUT2D eigenvalue weighted by molar-refractivity contribution is -0.384. The van der Waals surface area contributed by atoms with Gasteiger partial charge in [-0.15, -0.1) is 0 Å². The molecule has 0 aromatic carbocycles. The Balaban J connectivity index is 2.34. The van der Waals surface area contributed by atoms with Gasteiger partial charge in [0.15, 0.2) is 0 Å². The minimum Gasteiger partial charge on any atom is -0.367 e. The summed E-state index contributed by atoms with van der Waals surface area (Å²) in [5.74, 6) is 0.437. The molecule has 2 rings (SSSR count). The summed E-state index contributed by atoms with van der Waals surface area (Å²) in [7, 11) is 1.70. The second-order valence-corrected chi connectivity index (χ2v) is 6.53. The lowest BCUT2D eigenvalue weighted by Crippen LogP contribution is -2.38. The first-order valence-corrected chi connectivity index (χ1v) is 6.68. The standard InChI is InChI=1S/C13H22N4O3/c1-8-10(17(18)19)11(16(6)15-8)14-9-7-12(2,3)20-13(9,4)5/h9,14H,7H2,1-6H3. The van der Waals surface area contributed by atoms with Crippen molar-refractivity contribution >= 4 is 11.5 Å². The molecule has 112 valence electrons. The average Bonchev–Trinajstić information content (AvgIpc) is 2.61. The molecule has 0 amide bonds. The first-order chi connectivity index (χ1) is 9.03. The average molecular weight is 282 g/mol. The van der Waals surface area contributed by atoms with Crippen molar-refractivity contribution in [2.45, 2.75) is 58.3 Å². The van der Waals surface area contributed by atoms with E-state index in [-0.39, 0.29) is 17.3 Å². The maximum Gasteiger partial charge on any atom is 0.333 e. The first-order valence-electron chi connectivity index (χ1n) is 6.68. The summed E-state index contributed by atoms with van der Waals surface area (Å²) in [4.78, 5) is 10.8. The normalized spacial score (nSPS) is 23.8. The second-order valence-electron chi connectivity index (χ2n) is 6.53. The molecule has 0 saturated carbocycles. The molecule has 20 heavy (non-hydrogen) atoms. The van der Waals surface area contributed by atoms with E-state index in [1.165, 1.54) is 4.68 Å². The molecule has 7 heteroatoms. The van der Waals surface area contributed by atoms with E-state index in [1.807, 2.05) is 27.7 Å². The zero-order valence-electron chi connectivity index (χ0n) is 12.9. The van der Waals surface area contributed by atoms with E-state index < -0.39 is 10.5 Å². The third kappa shape index (κ3) is 2.49. The molecular weight excluding hydrogens is 260 g/mol. The molecule has 1 aliphatic heterocycles. The molecule has 0 spiro atoms. The van der Waals surface area contributed by atoms with E-state index in [0.29, 0.717) is 11.5 Å².